The summed E-state index contributed by atoms with van der Waals surface area (Å²) in [5.74, 6) is 1.62. The summed E-state index contributed by atoms with van der Waals surface area (Å²) in [6.07, 6.45) is 6.20. The van der Waals surface area contributed by atoms with E-state index in [2.05, 4.69) is 22.5 Å². The third kappa shape index (κ3) is 2.93. The monoisotopic (exact) mass is 249 g/mol. The molecule has 0 saturated heterocycles. The molecule has 0 spiro atoms. The van der Waals surface area contributed by atoms with Crippen LogP contribution in [0.4, 0.5) is 11.5 Å². The molecular weight excluding hydrogens is 226 g/mol. The van der Waals surface area contributed by atoms with Crippen LogP contribution >= 0.6 is 0 Å². The number of hydrogen-bond donors (Lipinski definition) is 3. The first kappa shape index (κ1) is 13.1. The summed E-state index contributed by atoms with van der Waals surface area (Å²) in [5.41, 5.74) is 0.872. The molecule has 1 heterocycles. The number of aliphatic hydroxyl groups excluding tert-OH is 1. The highest BCUT2D eigenvalue weighted by Crippen LogP contribution is 2.34. The maximum absolute atomic E-state index is 9.72. The standard InChI is InChI=1S/C14H23N3O/c1-11-3-6-14(10-18,7-4-11)17-12-5-8-16-13(9-12)15-2/h5,8-9,11,18H,3-4,6-7,10H2,1-2H3,(H2,15,16,17). The molecule has 0 amide bonds. The summed E-state index contributed by atoms with van der Waals surface area (Å²) in [6.45, 7) is 2.48. The summed E-state index contributed by atoms with van der Waals surface area (Å²) in [7, 11) is 1.86. The average Bonchev–Trinajstić information content (AvgIpc) is 2.42. The van der Waals surface area contributed by atoms with Crippen molar-refractivity contribution in [2.45, 2.75) is 38.1 Å². The summed E-state index contributed by atoms with van der Waals surface area (Å²) in [6, 6.07) is 3.94. The fraction of sp³-hybridized carbons (Fsp3) is 0.643. The molecule has 0 bridgehead atoms. The molecule has 18 heavy (non-hydrogen) atoms. The maximum atomic E-state index is 9.72. The van der Waals surface area contributed by atoms with E-state index in [0.717, 1.165) is 30.3 Å². The molecule has 1 aliphatic carbocycles. The molecule has 0 aromatic carbocycles. The van der Waals surface area contributed by atoms with Crippen molar-refractivity contribution in [2.24, 2.45) is 5.92 Å². The Labute approximate surface area is 109 Å². The molecule has 4 nitrogen and oxygen atoms in total. The molecule has 0 unspecified atom stereocenters. The maximum Gasteiger partial charge on any atom is 0.127 e. The Balaban J connectivity index is 2.09. The normalized spacial score (nSPS) is 27.8. The van der Waals surface area contributed by atoms with Gasteiger partial charge in [0.25, 0.3) is 0 Å². The predicted molar refractivity (Wildman–Crippen MR) is 74.9 cm³/mol. The van der Waals surface area contributed by atoms with E-state index in [-0.39, 0.29) is 12.1 Å². The van der Waals surface area contributed by atoms with Crippen molar-refractivity contribution in [3.8, 4) is 0 Å². The van der Waals surface area contributed by atoms with E-state index in [4.69, 9.17) is 0 Å². The van der Waals surface area contributed by atoms with Crippen LogP contribution in [0.2, 0.25) is 0 Å². The van der Waals surface area contributed by atoms with Crippen molar-refractivity contribution < 1.29 is 5.11 Å². The van der Waals surface area contributed by atoms with Crippen molar-refractivity contribution in [1.82, 2.24) is 4.98 Å². The first-order chi connectivity index (χ1) is 8.67. The number of nitrogens with one attached hydrogen (secondary N) is 2. The smallest absolute Gasteiger partial charge is 0.127 e. The topological polar surface area (TPSA) is 57.2 Å². The first-order valence-electron chi connectivity index (χ1n) is 6.70. The lowest BCUT2D eigenvalue weighted by molar-refractivity contribution is 0.155. The lowest BCUT2D eigenvalue weighted by Crippen LogP contribution is -2.45. The minimum absolute atomic E-state index is 0.154. The highest BCUT2D eigenvalue weighted by molar-refractivity contribution is 5.53. The molecule has 1 aliphatic rings. The van der Waals surface area contributed by atoms with Crippen LogP contribution in [0, 0.1) is 5.92 Å². The van der Waals surface area contributed by atoms with Gasteiger partial charge < -0.3 is 15.7 Å². The number of aliphatic hydroxyl groups is 1. The molecule has 1 aromatic heterocycles. The molecule has 0 aliphatic heterocycles. The molecule has 1 saturated carbocycles. The Hall–Kier alpha value is -1.29. The van der Waals surface area contributed by atoms with Crippen LogP contribution in [0.25, 0.3) is 0 Å². The van der Waals surface area contributed by atoms with Crippen LogP contribution in [0.1, 0.15) is 32.6 Å². The van der Waals surface area contributed by atoms with Gasteiger partial charge >= 0.3 is 0 Å². The molecule has 0 radical (unpaired) electrons. The number of rotatable bonds is 4. The zero-order chi connectivity index (χ0) is 13.0. The van der Waals surface area contributed by atoms with E-state index < -0.39 is 0 Å². The SMILES string of the molecule is CNc1cc(NC2(CO)CCC(C)CC2)ccn1. The molecular formula is C14H23N3O. The van der Waals surface area contributed by atoms with Gasteiger partial charge in [-0.1, -0.05) is 6.92 Å². The van der Waals surface area contributed by atoms with Gasteiger partial charge in [0.2, 0.25) is 0 Å². The molecule has 2 rings (SSSR count). The van der Waals surface area contributed by atoms with Gasteiger partial charge in [-0.15, -0.1) is 0 Å². The van der Waals surface area contributed by atoms with Crippen molar-refractivity contribution in [2.75, 3.05) is 24.3 Å². The van der Waals surface area contributed by atoms with E-state index in [1.54, 1.807) is 6.20 Å². The summed E-state index contributed by atoms with van der Waals surface area (Å²) in [4.78, 5) is 4.20. The van der Waals surface area contributed by atoms with Crippen LogP contribution in [0.15, 0.2) is 18.3 Å². The molecule has 1 aromatic rings. The third-order valence-corrected chi connectivity index (χ3v) is 3.96. The van der Waals surface area contributed by atoms with Crippen molar-refractivity contribution in [1.29, 1.82) is 0 Å². The van der Waals surface area contributed by atoms with E-state index >= 15 is 0 Å². The van der Waals surface area contributed by atoms with Gasteiger partial charge in [-0.3, -0.25) is 0 Å². The Kier molecular flexibility index (Phi) is 4.07. The predicted octanol–water partition coefficient (Wildman–Crippen LogP) is 2.48. The second kappa shape index (κ2) is 5.57. The number of aromatic nitrogens is 1. The number of anilines is 2. The van der Waals surface area contributed by atoms with Gasteiger partial charge in [0.1, 0.15) is 5.82 Å². The van der Waals surface area contributed by atoms with Crippen molar-refractivity contribution in [3.05, 3.63) is 18.3 Å². The minimum Gasteiger partial charge on any atom is -0.394 e. The lowest BCUT2D eigenvalue weighted by atomic mass is 9.77. The highest BCUT2D eigenvalue weighted by Gasteiger charge is 2.33. The van der Waals surface area contributed by atoms with Crippen molar-refractivity contribution >= 4 is 11.5 Å². The summed E-state index contributed by atoms with van der Waals surface area (Å²) < 4.78 is 0. The molecule has 0 atom stereocenters. The van der Waals surface area contributed by atoms with Gasteiger partial charge in [-0.05, 0) is 37.7 Å². The van der Waals surface area contributed by atoms with Gasteiger partial charge in [-0.2, -0.15) is 0 Å². The van der Waals surface area contributed by atoms with Gasteiger partial charge in [0.15, 0.2) is 0 Å². The van der Waals surface area contributed by atoms with Gasteiger partial charge in [0, 0.05) is 25.0 Å². The van der Waals surface area contributed by atoms with E-state index in [1.165, 1.54) is 12.8 Å². The van der Waals surface area contributed by atoms with Crippen LogP contribution < -0.4 is 10.6 Å². The number of nitrogens with zero attached hydrogens (tertiary/aromatic N) is 1. The Bertz CT molecular complexity index is 386. The quantitative estimate of drug-likeness (QED) is 0.767. The Morgan fingerprint density at radius 1 is 1.44 bits per heavy atom. The third-order valence-electron chi connectivity index (χ3n) is 3.96. The van der Waals surface area contributed by atoms with E-state index in [0.29, 0.717) is 0 Å². The summed E-state index contributed by atoms with van der Waals surface area (Å²) in [5, 5.41) is 16.3. The summed E-state index contributed by atoms with van der Waals surface area (Å²) >= 11 is 0. The van der Waals surface area contributed by atoms with Crippen molar-refractivity contribution in [3.63, 3.8) is 0 Å². The van der Waals surface area contributed by atoms with E-state index in [1.807, 2.05) is 19.2 Å². The van der Waals surface area contributed by atoms with Gasteiger partial charge in [-0.25, -0.2) is 4.98 Å². The van der Waals surface area contributed by atoms with Crippen LogP contribution in [0.5, 0.6) is 0 Å². The van der Waals surface area contributed by atoms with Crippen LogP contribution in [-0.4, -0.2) is 29.3 Å². The second-order valence-electron chi connectivity index (χ2n) is 5.43. The fourth-order valence-electron chi connectivity index (χ4n) is 2.59. The van der Waals surface area contributed by atoms with Gasteiger partial charge in [0.05, 0.1) is 12.1 Å². The van der Waals surface area contributed by atoms with Crippen LogP contribution in [0.3, 0.4) is 0 Å². The zero-order valence-corrected chi connectivity index (χ0v) is 11.2. The lowest BCUT2D eigenvalue weighted by Gasteiger charge is -2.39. The second-order valence-corrected chi connectivity index (χ2v) is 5.43. The first-order valence-corrected chi connectivity index (χ1v) is 6.70. The number of hydrogen-bond acceptors (Lipinski definition) is 4. The zero-order valence-electron chi connectivity index (χ0n) is 11.2. The number of pyridine rings is 1. The Morgan fingerprint density at radius 2 is 2.17 bits per heavy atom. The largest absolute Gasteiger partial charge is 0.394 e. The van der Waals surface area contributed by atoms with Crippen LogP contribution in [-0.2, 0) is 0 Å². The minimum atomic E-state index is -0.154. The molecule has 100 valence electrons. The average molecular weight is 249 g/mol. The highest BCUT2D eigenvalue weighted by atomic mass is 16.3. The Morgan fingerprint density at radius 3 is 2.78 bits per heavy atom. The molecule has 1 fully saturated rings. The fourth-order valence-corrected chi connectivity index (χ4v) is 2.59. The molecule has 3 N–H and O–H groups in total. The van der Waals surface area contributed by atoms with E-state index in [9.17, 15) is 5.11 Å². The molecule has 4 heteroatoms.